The summed E-state index contributed by atoms with van der Waals surface area (Å²) in [5.74, 6) is 0. The van der Waals surface area contributed by atoms with E-state index in [1.54, 1.807) is 0 Å². The van der Waals surface area contributed by atoms with Crippen LogP contribution in [0.5, 0.6) is 0 Å². The second-order valence-corrected chi connectivity index (χ2v) is 5.46. The van der Waals surface area contributed by atoms with Crippen LogP contribution in [0.3, 0.4) is 0 Å². The van der Waals surface area contributed by atoms with Crippen LogP contribution in [0.1, 0.15) is 32.1 Å². The molecular weight excluding hydrogens is 218 g/mol. The molecule has 2 heterocycles. The number of ether oxygens (including phenoxy) is 3. The van der Waals surface area contributed by atoms with E-state index >= 15 is 0 Å². The first kappa shape index (κ1) is 11.9. The average molecular weight is 241 g/mol. The minimum absolute atomic E-state index is 0.307. The van der Waals surface area contributed by atoms with E-state index in [1.165, 1.54) is 19.3 Å². The van der Waals surface area contributed by atoms with Gasteiger partial charge < -0.3 is 19.5 Å². The van der Waals surface area contributed by atoms with Gasteiger partial charge in [-0.3, -0.25) is 0 Å². The normalized spacial score (nSPS) is 37.8. The fourth-order valence-electron chi connectivity index (χ4n) is 2.53. The summed E-state index contributed by atoms with van der Waals surface area (Å²) in [6.07, 6.45) is 7.08. The molecule has 3 unspecified atom stereocenters. The van der Waals surface area contributed by atoms with Crippen LogP contribution >= 0.6 is 0 Å². The SMILES string of the molecule is C1CC(OCC2CCC(CNC3CC3)O2)CO1. The smallest absolute Gasteiger partial charge is 0.0831 e. The van der Waals surface area contributed by atoms with Gasteiger partial charge in [-0.15, -0.1) is 0 Å². The van der Waals surface area contributed by atoms with Crippen molar-refractivity contribution in [2.24, 2.45) is 0 Å². The van der Waals surface area contributed by atoms with Crippen LogP contribution in [0, 0.1) is 0 Å². The number of hydrogen-bond acceptors (Lipinski definition) is 4. The van der Waals surface area contributed by atoms with Gasteiger partial charge in [-0.1, -0.05) is 0 Å². The van der Waals surface area contributed by atoms with Crippen LogP contribution in [0.2, 0.25) is 0 Å². The summed E-state index contributed by atoms with van der Waals surface area (Å²) in [6, 6.07) is 0.782. The predicted octanol–water partition coefficient (Wildman–Crippen LogP) is 1.09. The molecule has 17 heavy (non-hydrogen) atoms. The van der Waals surface area contributed by atoms with Crippen molar-refractivity contribution in [2.45, 2.75) is 56.5 Å². The molecule has 1 aliphatic carbocycles. The highest BCUT2D eigenvalue weighted by Gasteiger charge is 2.29. The first-order valence-corrected chi connectivity index (χ1v) is 6.98. The van der Waals surface area contributed by atoms with Gasteiger partial charge in [-0.25, -0.2) is 0 Å². The lowest BCUT2D eigenvalue weighted by atomic mass is 10.2. The predicted molar refractivity (Wildman–Crippen MR) is 64.1 cm³/mol. The van der Waals surface area contributed by atoms with Crippen molar-refractivity contribution in [1.82, 2.24) is 5.32 Å². The first-order valence-electron chi connectivity index (χ1n) is 6.98. The molecule has 1 saturated carbocycles. The topological polar surface area (TPSA) is 39.7 Å². The fraction of sp³-hybridized carbons (Fsp3) is 1.00. The van der Waals surface area contributed by atoms with Crippen molar-refractivity contribution in [3.8, 4) is 0 Å². The lowest BCUT2D eigenvalue weighted by Crippen LogP contribution is -2.29. The third-order valence-corrected chi connectivity index (χ3v) is 3.81. The summed E-state index contributed by atoms with van der Waals surface area (Å²) in [5, 5.41) is 3.53. The Morgan fingerprint density at radius 3 is 2.71 bits per heavy atom. The number of hydrogen-bond donors (Lipinski definition) is 1. The summed E-state index contributed by atoms with van der Waals surface area (Å²) in [5.41, 5.74) is 0. The van der Waals surface area contributed by atoms with Crippen LogP contribution < -0.4 is 5.32 Å². The van der Waals surface area contributed by atoms with E-state index in [0.717, 1.165) is 45.2 Å². The lowest BCUT2D eigenvalue weighted by Gasteiger charge is -2.16. The van der Waals surface area contributed by atoms with Gasteiger partial charge >= 0.3 is 0 Å². The molecule has 0 aromatic heterocycles. The van der Waals surface area contributed by atoms with Crippen LogP contribution in [-0.4, -0.2) is 50.7 Å². The van der Waals surface area contributed by atoms with E-state index in [2.05, 4.69) is 5.32 Å². The first-order chi connectivity index (χ1) is 8.40. The summed E-state index contributed by atoms with van der Waals surface area (Å²) in [6.45, 7) is 3.38. The Bertz CT molecular complexity index is 239. The highest BCUT2D eigenvalue weighted by molar-refractivity contribution is 4.84. The van der Waals surface area contributed by atoms with Crippen molar-refractivity contribution >= 4 is 0 Å². The van der Waals surface area contributed by atoms with Gasteiger partial charge in [0, 0.05) is 19.2 Å². The molecule has 3 atom stereocenters. The minimum atomic E-state index is 0.307. The molecule has 0 aromatic rings. The van der Waals surface area contributed by atoms with E-state index < -0.39 is 0 Å². The van der Waals surface area contributed by atoms with Crippen LogP contribution in [0.15, 0.2) is 0 Å². The van der Waals surface area contributed by atoms with Gasteiger partial charge in [0.15, 0.2) is 0 Å². The van der Waals surface area contributed by atoms with Crippen molar-refractivity contribution in [2.75, 3.05) is 26.4 Å². The molecular formula is C13H23NO3. The molecule has 98 valence electrons. The third kappa shape index (κ3) is 3.65. The maximum absolute atomic E-state index is 5.97. The maximum Gasteiger partial charge on any atom is 0.0831 e. The van der Waals surface area contributed by atoms with Crippen molar-refractivity contribution < 1.29 is 14.2 Å². The maximum atomic E-state index is 5.97. The zero-order valence-corrected chi connectivity index (χ0v) is 10.4. The molecule has 4 nitrogen and oxygen atoms in total. The minimum Gasteiger partial charge on any atom is -0.379 e. The average Bonchev–Trinajstić information content (AvgIpc) is 2.86. The van der Waals surface area contributed by atoms with Crippen molar-refractivity contribution in [3.63, 3.8) is 0 Å². The lowest BCUT2D eigenvalue weighted by molar-refractivity contribution is -0.0419. The summed E-state index contributed by atoms with van der Waals surface area (Å²) in [4.78, 5) is 0. The van der Waals surface area contributed by atoms with Gasteiger partial charge in [0.2, 0.25) is 0 Å². The van der Waals surface area contributed by atoms with Crippen molar-refractivity contribution in [3.05, 3.63) is 0 Å². The van der Waals surface area contributed by atoms with E-state index in [0.29, 0.717) is 18.3 Å². The number of nitrogens with one attached hydrogen (secondary N) is 1. The Kier molecular flexibility index (Phi) is 3.96. The molecule has 0 aromatic carbocycles. The monoisotopic (exact) mass is 241 g/mol. The van der Waals surface area contributed by atoms with Gasteiger partial charge in [0.05, 0.1) is 31.5 Å². The molecule has 4 heteroatoms. The van der Waals surface area contributed by atoms with Gasteiger partial charge in [-0.05, 0) is 32.1 Å². The molecule has 0 radical (unpaired) electrons. The zero-order valence-electron chi connectivity index (χ0n) is 10.4. The molecule has 1 N–H and O–H groups in total. The summed E-state index contributed by atoms with van der Waals surface area (Å²) >= 11 is 0. The van der Waals surface area contributed by atoms with E-state index in [9.17, 15) is 0 Å². The molecule has 0 spiro atoms. The molecule has 3 rings (SSSR count). The largest absolute Gasteiger partial charge is 0.379 e. The third-order valence-electron chi connectivity index (χ3n) is 3.81. The van der Waals surface area contributed by atoms with Crippen LogP contribution in [0.25, 0.3) is 0 Å². The van der Waals surface area contributed by atoms with Gasteiger partial charge in [-0.2, -0.15) is 0 Å². The van der Waals surface area contributed by atoms with E-state index in [-0.39, 0.29) is 0 Å². The Balaban J connectivity index is 1.29. The zero-order chi connectivity index (χ0) is 11.5. The van der Waals surface area contributed by atoms with E-state index in [1.807, 2.05) is 0 Å². The number of rotatable bonds is 6. The molecule has 3 aliphatic rings. The molecule has 2 saturated heterocycles. The summed E-state index contributed by atoms with van der Waals surface area (Å²) < 4.78 is 17.1. The van der Waals surface area contributed by atoms with Gasteiger partial charge in [0.25, 0.3) is 0 Å². The van der Waals surface area contributed by atoms with Gasteiger partial charge in [0.1, 0.15) is 0 Å². The highest BCUT2D eigenvalue weighted by atomic mass is 16.6. The Hall–Kier alpha value is -0.160. The highest BCUT2D eigenvalue weighted by Crippen LogP contribution is 2.23. The fourth-order valence-corrected chi connectivity index (χ4v) is 2.53. The standard InChI is InChI=1S/C13H23NO3/c1-2-10(1)14-7-11-3-4-13(17-11)9-16-12-5-6-15-8-12/h10-14H,1-9H2. The van der Waals surface area contributed by atoms with Crippen LogP contribution in [-0.2, 0) is 14.2 Å². The Labute approximate surface area is 103 Å². The van der Waals surface area contributed by atoms with Crippen molar-refractivity contribution in [1.29, 1.82) is 0 Å². The quantitative estimate of drug-likeness (QED) is 0.755. The summed E-state index contributed by atoms with van der Waals surface area (Å²) in [7, 11) is 0. The molecule has 0 amide bonds. The molecule has 0 bridgehead atoms. The van der Waals surface area contributed by atoms with Crippen LogP contribution in [0.4, 0.5) is 0 Å². The Morgan fingerprint density at radius 2 is 1.94 bits per heavy atom. The van der Waals surface area contributed by atoms with E-state index in [4.69, 9.17) is 14.2 Å². The Morgan fingerprint density at radius 1 is 1.06 bits per heavy atom. The second kappa shape index (κ2) is 5.65. The second-order valence-electron chi connectivity index (χ2n) is 5.46. The molecule has 2 aliphatic heterocycles. The molecule has 3 fully saturated rings.